The lowest BCUT2D eigenvalue weighted by Crippen LogP contribution is -2.23. The Morgan fingerprint density at radius 3 is 2.88 bits per heavy atom. The molecule has 0 aliphatic heterocycles. The molecule has 0 amide bonds. The SMILES string of the molecule is CCC(CN)C(=O)c1cnc2ccccc2c1. The fourth-order valence-electron chi connectivity index (χ4n) is 1.90. The van der Waals surface area contributed by atoms with E-state index in [1.165, 1.54) is 0 Å². The summed E-state index contributed by atoms with van der Waals surface area (Å²) in [5, 5.41) is 0.991. The van der Waals surface area contributed by atoms with E-state index >= 15 is 0 Å². The molecule has 3 nitrogen and oxygen atoms in total. The smallest absolute Gasteiger partial charge is 0.168 e. The van der Waals surface area contributed by atoms with E-state index in [2.05, 4.69) is 4.98 Å². The van der Waals surface area contributed by atoms with Crippen LogP contribution >= 0.6 is 0 Å². The van der Waals surface area contributed by atoms with Gasteiger partial charge in [-0.25, -0.2) is 0 Å². The predicted molar refractivity (Wildman–Crippen MR) is 68.9 cm³/mol. The second-order valence-electron chi connectivity index (χ2n) is 4.12. The molecule has 88 valence electrons. The molecule has 2 N–H and O–H groups in total. The van der Waals surface area contributed by atoms with Crippen LogP contribution in [0.5, 0.6) is 0 Å². The summed E-state index contributed by atoms with van der Waals surface area (Å²) in [5.41, 5.74) is 7.15. The van der Waals surface area contributed by atoms with Crippen molar-refractivity contribution in [1.82, 2.24) is 4.98 Å². The van der Waals surface area contributed by atoms with Gasteiger partial charge in [-0.1, -0.05) is 25.1 Å². The summed E-state index contributed by atoms with van der Waals surface area (Å²) in [4.78, 5) is 16.4. The number of hydrogen-bond donors (Lipinski definition) is 1. The summed E-state index contributed by atoms with van der Waals surface area (Å²) in [6.45, 7) is 2.37. The number of aromatic nitrogens is 1. The minimum absolute atomic E-state index is 0.0910. The second kappa shape index (κ2) is 5.06. The molecule has 17 heavy (non-hydrogen) atoms. The Labute approximate surface area is 101 Å². The maximum atomic E-state index is 12.1. The van der Waals surface area contributed by atoms with Crippen molar-refractivity contribution in [1.29, 1.82) is 0 Å². The van der Waals surface area contributed by atoms with Crippen molar-refractivity contribution in [2.75, 3.05) is 6.54 Å². The molecule has 1 aromatic carbocycles. The van der Waals surface area contributed by atoms with Crippen LogP contribution in [0.4, 0.5) is 0 Å². The van der Waals surface area contributed by atoms with Crippen LogP contribution in [-0.4, -0.2) is 17.3 Å². The standard InChI is InChI=1S/C14H16N2O/c1-2-10(8-15)14(17)12-7-11-5-3-4-6-13(11)16-9-12/h3-7,9-10H,2,8,15H2,1H3. The van der Waals surface area contributed by atoms with E-state index in [0.717, 1.165) is 17.3 Å². The molecule has 0 spiro atoms. The largest absolute Gasteiger partial charge is 0.330 e. The van der Waals surface area contributed by atoms with Crippen LogP contribution in [0, 0.1) is 5.92 Å². The van der Waals surface area contributed by atoms with Crippen LogP contribution < -0.4 is 5.73 Å². The number of para-hydroxylation sites is 1. The van der Waals surface area contributed by atoms with Crippen LogP contribution in [0.25, 0.3) is 10.9 Å². The van der Waals surface area contributed by atoms with Crippen molar-refractivity contribution >= 4 is 16.7 Å². The maximum absolute atomic E-state index is 12.1. The first kappa shape index (κ1) is 11.7. The summed E-state index contributed by atoms with van der Waals surface area (Å²) < 4.78 is 0. The average Bonchev–Trinajstić information content (AvgIpc) is 2.39. The molecule has 3 heteroatoms. The van der Waals surface area contributed by atoms with Gasteiger partial charge >= 0.3 is 0 Å². The Kier molecular flexibility index (Phi) is 3.49. The second-order valence-corrected chi connectivity index (χ2v) is 4.12. The lowest BCUT2D eigenvalue weighted by atomic mass is 9.96. The molecule has 0 saturated heterocycles. The van der Waals surface area contributed by atoms with Crippen LogP contribution in [-0.2, 0) is 0 Å². The van der Waals surface area contributed by atoms with Crippen LogP contribution in [0.2, 0.25) is 0 Å². The zero-order valence-electron chi connectivity index (χ0n) is 9.89. The molecule has 0 fully saturated rings. The van der Waals surface area contributed by atoms with Gasteiger partial charge < -0.3 is 5.73 Å². The third-order valence-corrected chi connectivity index (χ3v) is 3.02. The number of fused-ring (bicyclic) bond motifs is 1. The van der Waals surface area contributed by atoms with E-state index in [1.54, 1.807) is 6.20 Å². The van der Waals surface area contributed by atoms with E-state index in [4.69, 9.17) is 5.73 Å². The summed E-state index contributed by atoms with van der Waals surface area (Å²) in [7, 11) is 0. The zero-order valence-corrected chi connectivity index (χ0v) is 9.89. The number of benzene rings is 1. The Morgan fingerprint density at radius 1 is 1.41 bits per heavy atom. The molecular formula is C14H16N2O. The predicted octanol–water partition coefficient (Wildman–Crippen LogP) is 2.40. The highest BCUT2D eigenvalue weighted by atomic mass is 16.1. The van der Waals surface area contributed by atoms with Gasteiger partial charge in [-0.15, -0.1) is 0 Å². The third kappa shape index (κ3) is 2.34. The highest BCUT2D eigenvalue weighted by molar-refractivity contribution is 6.00. The molecule has 2 rings (SSSR count). The van der Waals surface area contributed by atoms with Crippen molar-refractivity contribution in [3.05, 3.63) is 42.1 Å². The van der Waals surface area contributed by atoms with Crippen molar-refractivity contribution < 1.29 is 4.79 Å². The molecule has 1 aromatic heterocycles. The molecule has 0 bridgehead atoms. The molecular weight excluding hydrogens is 212 g/mol. The van der Waals surface area contributed by atoms with Crippen molar-refractivity contribution in [3.63, 3.8) is 0 Å². The normalized spacial score (nSPS) is 12.6. The van der Waals surface area contributed by atoms with E-state index < -0.39 is 0 Å². The van der Waals surface area contributed by atoms with E-state index in [0.29, 0.717) is 12.1 Å². The van der Waals surface area contributed by atoms with Gasteiger partial charge in [0.2, 0.25) is 0 Å². The number of pyridine rings is 1. The first-order valence-corrected chi connectivity index (χ1v) is 5.85. The molecule has 0 aliphatic carbocycles. The number of Topliss-reactive ketones (excluding diaryl/α,β-unsaturated/α-hetero) is 1. The third-order valence-electron chi connectivity index (χ3n) is 3.02. The Hall–Kier alpha value is -1.74. The molecule has 0 aliphatic rings. The number of nitrogens with two attached hydrogens (primary N) is 1. The summed E-state index contributed by atoms with van der Waals surface area (Å²) in [6, 6.07) is 9.67. The van der Waals surface area contributed by atoms with Crippen LogP contribution in [0.15, 0.2) is 36.5 Å². The van der Waals surface area contributed by atoms with Gasteiger partial charge in [-0.05, 0) is 18.6 Å². The van der Waals surface area contributed by atoms with Gasteiger partial charge in [-0.2, -0.15) is 0 Å². The number of carbonyl (C=O) groups excluding carboxylic acids is 1. The topological polar surface area (TPSA) is 56.0 Å². The maximum Gasteiger partial charge on any atom is 0.168 e. The Bertz CT molecular complexity index is 532. The number of ketones is 1. The lowest BCUT2D eigenvalue weighted by molar-refractivity contribution is 0.0921. The number of hydrogen-bond acceptors (Lipinski definition) is 3. The van der Waals surface area contributed by atoms with E-state index in [9.17, 15) is 4.79 Å². The van der Waals surface area contributed by atoms with Crippen LogP contribution in [0.3, 0.4) is 0 Å². The van der Waals surface area contributed by atoms with Gasteiger partial charge in [-0.3, -0.25) is 9.78 Å². The Morgan fingerprint density at radius 2 is 2.18 bits per heavy atom. The van der Waals surface area contributed by atoms with Gasteiger partial charge in [0.15, 0.2) is 5.78 Å². The average molecular weight is 228 g/mol. The van der Waals surface area contributed by atoms with Gasteiger partial charge in [0, 0.05) is 29.6 Å². The molecule has 2 aromatic rings. The quantitative estimate of drug-likeness (QED) is 0.817. The van der Waals surface area contributed by atoms with Gasteiger partial charge in [0.25, 0.3) is 0 Å². The Balaban J connectivity index is 2.39. The first-order valence-electron chi connectivity index (χ1n) is 5.85. The minimum Gasteiger partial charge on any atom is -0.330 e. The number of carbonyl (C=O) groups is 1. The molecule has 1 heterocycles. The van der Waals surface area contributed by atoms with Crippen molar-refractivity contribution in [2.24, 2.45) is 11.7 Å². The lowest BCUT2D eigenvalue weighted by Gasteiger charge is -2.10. The molecule has 1 atom stereocenters. The molecule has 1 unspecified atom stereocenters. The van der Waals surface area contributed by atoms with Crippen LogP contribution in [0.1, 0.15) is 23.7 Å². The first-order chi connectivity index (χ1) is 8.26. The highest BCUT2D eigenvalue weighted by Gasteiger charge is 2.17. The highest BCUT2D eigenvalue weighted by Crippen LogP contribution is 2.16. The summed E-state index contributed by atoms with van der Waals surface area (Å²) in [5.74, 6) is -0.00813. The monoisotopic (exact) mass is 228 g/mol. The fourth-order valence-corrected chi connectivity index (χ4v) is 1.90. The number of nitrogens with zero attached hydrogens (tertiary/aromatic N) is 1. The van der Waals surface area contributed by atoms with Crippen molar-refractivity contribution in [3.8, 4) is 0 Å². The fraction of sp³-hybridized carbons (Fsp3) is 0.286. The zero-order chi connectivity index (χ0) is 12.3. The van der Waals surface area contributed by atoms with E-state index in [1.807, 2.05) is 37.3 Å². The van der Waals surface area contributed by atoms with Crippen molar-refractivity contribution in [2.45, 2.75) is 13.3 Å². The number of rotatable bonds is 4. The minimum atomic E-state index is -0.0991. The molecule has 0 radical (unpaired) electrons. The summed E-state index contributed by atoms with van der Waals surface area (Å²) in [6.07, 6.45) is 2.41. The molecule has 0 saturated carbocycles. The van der Waals surface area contributed by atoms with Gasteiger partial charge in [0.05, 0.1) is 5.52 Å². The van der Waals surface area contributed by atoms with E-state index in [-0.39, 0.29) is 11.7 Å². The summed E-state index contributed by atoms with van der Waals surface area (Å²) >= 11 is 0. The van der Waals surface area contributed by atoms with Gasteiger partial charge in [0.1, 0.15) is 0 Å².